The smallest absolute Gasteiger partial charge is 0.126 e. The van der Waals surface area contributed by atoms with Gasteiger partial charge in [-0.2, -0.15) is 0 Å². The molecule has 1 N–H and O–H groups in total. The van der Waals surface area contributed by atoms with E-state index in [1.807, 2.05) is 17.4 Å². The summed E-state index contributed by atoms with van der Waals surface area (Å²) in [6, 6.07) is 8.76. The number of rotatable bonds is 3. The molecular weight excluding hydrogens is 244 g/mol. The Bertz CT molecular complexity index is 486. The number of aryl methyl sites for hydroxylation is 1. The Labute approximate surface area is 111 Å². The summed E-state index contributed by atoms with van der Waals surface area (Å²) in [6.45, 7) is 6.42. The van der Waals surface area contributed by atoms with Crippen molar-refractivity contribution in [3.8, 4) is 0 Å². The predicted octanol–water partition coefficient (Wildman–Crippen LogP) is 2.64. The maximum atomic E-state index is 5.66. The molecular formula is C14H18N2OS. The first kappa shape index (κ1) is 12.0. The second-order valence-corrected chi connectivity index (χ2v) is 5.97. The van der Waals surface area contributed by atoms with Gasteiger partial charge in [0.25, 0.3) is 0 Å². The molecule has 0 saturated carbocycles. The number of nitrogens with zero attached hydrogens (tertiary/aromatic N) is 1. The second-order valence-electron chi connectivity index (χ2n) is 4.65. The highest BCUT2D eigenvalue weighted by atomic mass is 32.1. The van der Waals surface area contributed by atoms with Gasteiger partial charge in [0.2, 0.25) is 0 Å². The first-order chi connectivity index (χ1) is 8.84. The Kier molecular flexibility index (Phi) is 3.50. The highest BCUT2D eigenvalue weighted by molar-refractivity contribution is 7.12. The van der Waals surface area contributed by atoms with Crippen molar-refractivity contribution in [3.63, 3.8) is 0 Å². The highest BCUT2D eigenvalue weighted by Gasteiger charge is 2.26. The van der Waals surface area contributed by atoms with Crippen molar-refractivity contribution < 1.29 is 4.42 Å². The number of piperazine rings is 1. The maximum absolute atomic E-state index is 5.66. The van der Waals surface area contributed by atoms with E-state index in [0.717, 1.165) is 31.9 Å². The molecule has 1 aliphatic heterocycles. The molecule has 1 aliphatic rings. The lowest BCUT2D eigenvalue weighted by Crippen LogP contribution is -2.45. The van der Waals surface area contributed by atoms with Crippen LogP contribution in [-0.4, -0.2) is 31.1 Å². The zero-order chi connectivity index (χ0) is 12.4. The van der Waals surface area contributed by atoms with Crippen LogP contribution in [0.1, 0.15) is 21.6 Å². The van der Waals surface area contributed by atoms with Gasteiger partial charge < -0.3 is 9.73 Å². The van der Waals surface area contributed by atoms with Crippen LogP contribution in [-0.2, 0) is 0 Å². The van der Waals surface area contributed by atoms with Crippen LogP contribution >= 0.6 is 11.3 Å². The van der Waals surface area contributed by atoms with Gasteiger partial charge in [0.05, 0.1) is 6.26 Å². The molecule has 3 nitrogen and oxygen atoms in total. The first-order valence-corrected chi connectivity index (χ1v) is 7.21. The van der Waals surface area contributed by atoms with Crippen LogP contribution < -0.4 is 5.32 Å². The molecule has 0 spiro atoms. The molecule has 3 heterocycles. The molecule has 0 radical (unpaired) electrons. The normalized spacial score (nSPS) is 18.9. The summed E-state index contributed by atoms with van der Waals surface area (Å²) >= 11 is 1.87. The molecule has 96 valence electrons. The van der Waals surface area contributed by atoms with E-state index in [1.54, 1.807) is 6.26 Å². The maximum Gasteiger partial charge on any atom is 0.126 e. The fourth-order valence-electron chi connectivity index (χ4n) is 2.49. The van der Waals surface area contributed by atoms with Gasteiger partial charge in [0, 0.05) is 35.9 Å². The van der Waals surface area contributed by atoms with Crippen molar-refractivity contribution in [1.29, 1.82) is 0 Å². The molecule has 1 unspecified atom stereocenters. The Morgan fingerprint density at radius 1 is 1.28 bits per heavy atom. The van der Waals surface area contributed by atoms with Crippen molar-refractivity contribution >= 4 is 11.3 Å². The van der Waals surface area contributed by atoms with E-state index in [-0.39, 0.29) is 6.04 Å². The summed E-state index contributed by atoms with van der Waals surface area (Å²) in [4.78, 5) is 5.24. The van der Waals surface area contributed by atoms with Gasteiger partial charge in [0.15, 0.2) is 0 Å². The molecule has 18 heavy (non-hydrogen) atoms. The third-order valence-corrected chi connectivity index (χ3v) is 4.41. The van der Waals surface area contributed by atoms with Crippen molar-refractivity contribution in [2.45, 2.75) is 13.0 Å². The topological polar surface area (TPSA) is 28.4 Å². The summed E-state index contributed by atoms with van der Waals surface area (Å²) in [5.41, 5.74) is 0. The summed E-state index contributed by atoms with van der Waals surface area (Å²) < 4.78 is 5.66. The van der Waals surface area contributed by atoms with E-state index in [4.69, 9.17) is 4.42 Å². The molecule has 1 saturated heterocycles. The molecule has 1 fully saturated rings. The number of furan rings is 1. The van der Waals surface area contributed by atoms with E-state index in [1.165, 1.54) is 9.75 Å². The molecule has 2 aromatic rings. The van der Waals surface area contributed by atoms with Crippen molar-refractivity contribution in [2.75, 3.05) is 26.2 Å². The summed E-state index contributed by atoms with van der Waals surface area (Å²) in [5, 5.41) is 3.40. The summed E-state index contributed by atoms with van der Waals surface area (Å²) in [6.07, 6.45) is 1.77. The fraction of sp³-hybridized carbons (Fsp3) is 0.429. The van der Waals surface area contributed by atoms with Crippen LogP contribution in [0.2, 0.25) is 0 Å². The molecule has 1 atom stereocenters. The summed E-state index contributed by atoms with van der Waals surface area (Å²) in [7, 11) is 0. The number of nitrogens with one attached hydrogen (secondary N) is 1. The van der Waals surface area contributed by atoms with Gasteiger partial charge >= 0.3 is 0 Å². The first-order valence-electron chi connectivity index (χ1n) is 6.39. The summed E-state index contributed by atoms with van der Waals surface area (Å²) in [5.74, 6) is 1.05. The van der Waals surface area contributed by atoms with E-state index in [2.05, 4.69) is 35.3 Å². The molecule has 4 heteroatoms. The largest absolute Gasteiger partial charge is 0.467 e. The van der Waals surface area contributed by atoms with Crippen LogP contribution in [0, 0.1) is 6.92 Å². The van der Waals surface area contributed by atoms with Crippen LogP contribution in [0.15, 0.2) is 34.9 Å². The van der Waals surface area contributed by atoms with Crippen molar-refractivity contribution in [3.05, 3.63) is 46.0 Å². The van der Waals surface area contributed by atoms with E-state index in [0.29, 0.717) is 0 Å². The fourth-order valence-corrected chi connectivity index (χ4v) is 3.51. The zero-order valence-corrected chi connectivity index (χ0v) is 11.4. The van der Waals surface area contributed by atoms with Crippen LogP contribution in [0.5, 0.6) is 0 Å². The van der Waals surface area contributed by atoms with Crippen molar-refractivity contribution in [1.82, 2.24) is 10.2 Å². The van der Waals surface area contributed by atoms with Gasteiger partial charge in [-0.05, 0) is 31.2 Å². The van der Waals surface area contributed by atoms with Crippen molar-refractivity contribution in [2.24, 2.45) is 0 Å². The minimum absolute atomic E-state index is 0.279. The molecule has 0 bridgehead atoms. The van der Waals surface area contributed by atoms with Gasteiger partial charge in [-0.3, -0.25) is 4.90 Å². The molecule has 2 aromatic heterocycles. The Morgan fingerprint density at radius 3 is 2.72 bits per heavy atom. The second kappa shape index (κ2) is 5.26. The minimum atomic E-state index is 0.279. The molecule has 0 aromatic carbocycles. The van der Waals surface area contributed by atoms with Gasteiger partial charge in [0.1, 0.15) is 11.8 Å². The number of hydrogen-bond donors (Lipinski definition) is 1. The highest BCUT2D eigenvalue weighted by Crippen LogP contribution is 2.33. The van der Waals surface area contributed by atoms with Gasteiger partial charge in [-0.25, -0.2) is 0 Å². The van der Waals surface area contributed by atoms with E-state index >= 15 is 0 Å². The SMILES string of the molecule is Cc1ccc(C(c2ccco2)N2CCNCC2)s1. The average molecular weight is 262 g/mol. The third-order valence-electron chi connectivity index (χ3n) is 3.36. The third kappa shape index (κ3) is 2.36. The lowest BCUT2D eigenvalue weighted by Gasteiger charge is -2.33. The molecule has 0 aliphatic carbocycles. The van der Waals surface area contributed by atoms with Gasteiger partial charge in [-0.1, -0.05) is 0 Å². The lowest BCUT2D eigenvalue weighted by molar-refractivity contribution is 0.182. The van der Waals surface area contributed by atoms with Gasteiger partial charge in [-0.15, -0.1) is 11.3 Å². The Morgan fingerprint density at radius 2 is 2.11 bits per heavy atom. The Hall–Kier alpha value is -1.10. The Balaban J connectivity index is 1.92. The monoisotopic (exact) mass is 262 g/mol. The zero-order valence-electron chi connectivity index (χ0n) is 10.6. The quantitative estimate of drug-likeness (QED) is 0.922. The average Bonchev–Trinajstić information content (AvgIpc) is 3.04. The van der Waals surface area contributed by atoms with E-state index in [9.17, 15) is 0 Å². The van der Waals surface area contributed by atoms with E-state index < -0.39 is 0 Å². The predicted molar refractivity (Wildman–Crippen MR) is 74.0 cm³/mol. The molecule has 0 amide bonds. The lowest BCUT2D eigenvalue weighted by atomic mass is 10.1. The van der Waals surface area contributed by atoms with Crippen LogP contribution in [0.25, 0.3) is 0 Å². The van der Waals surface area contributed by atoms with Crippen LogP contribution in [0.3, 0.4) is 0 Å². The van der Waals surface area contributed by atoms with Crippen LogP contribution in [0.4, 0.5) is 0 Å². The number of hydrogen-bond acceptors (Lipinski definition) is 4. The number of thiophene rings is 1. The standard InChI is InChI=1S/C14H18N2OS/c1-11-4-5-13(18-11)14(12-3-2-10-17-12)16-8-6-15-7-9-16/h2-5,10,14-15H,6-9H2,1H3. The molecule has 3 rings (SSSR count). The minimum Gasteiger partial charge on any atom is -0.467 e.